The van der Waals surface area contributed by atoms with Crippen LogP contribution in [0.25, 0.3) is 6.08 Å². The highest BCUT2D eigenvalue weighted by molar-refractivity contribution is 7.07. The Morgan fingerprint density at radius 2 is 1.15 bits per heavy atom. The third kappa shape index (κ3) is 5.27. The van der Waals surface area contributed by atoms with Crippen LogP contribution in [0.3, 0.4) is 0 Å². The van der Waals surface area contributed by atoms with Gasteiger partial charge < -0.3 is 0 Å². The first-order valence-electron chi connectivity index (χ1n) is 11.0. The maximum absolute atomic E-state index is 13.5. The second kappa shape index (κ2) is 10.4. The minimum absolute atomic E-state index is 0.235. The Morgan fingerprint density at radius 1 is 0.667 bits per heavy atom. The van der Waals surface area contributed by atoms with Crippen LogP contribution in [0.4, 0.5) is 8.78 Å². The molecule has 3 heteroatoms. The van der Waals surface area contributed by atoms with Gasteiger partial charge in [-0.25, -0.2) is 8.78 Å². The molecule has 0 aliphatic carbocycles. The summed E-state index contributed by atoms with van der Waals surface area (Å²) >= 11 is 0. The average molecular weight is 453 g/mol. The van der Waals surface area contributed by atoms with E-state index < -0.39 is 8.07 Å². The molecule has 0 fully saturated rings. The lowest BCUT2D eigenvalue weighted by Gasteiger charge is -2.34. The van der Waals surface area contributed by atoms with Crippen LogP contribution in [0.1, 0.15) is 11.1 Å². The summed E-state index contributed by atoms with van der Waals surface area (Å²) in [5.74, 6) is -0.474. The van der Waals surface area contributed by atoms with Gasteiger partial charge in [-0.3, -0.25) is 0 Å². The summed E-state index contributed by atoms with van der Waals surface area (Å²) in [5, 5.41) is 3.73. The number of halogens is 2. The largest absolute Gasteiger partial charge is 0.207 e. The standard InChI is InChI=1S/C30H26F2Si/c1-24(23-26-16-20-28(32)21-17-26)33(29-10-4-2-5-11-29,30-12-6-3-7-13-30)22-8-9-25-14-18-27(31)19-15-25/h2-21H,1,22-23H2/b9-8+. The molecule has 0 aliphatic heterocycles. The van der Waals surface area contributed by atoms with Crippen molar-refractivity contribution in [3.8, 4) is 0 Å². The highest BCUT2D eigenvalue weighted by atomic mass is 28.3. The predicted octanol–water partition coefficient (Wildman–Crippen LogP) is 6.58. The highest BCUT2D eigenvalue weighted by Gasteiger charge is 2.38. The SMILES string of the molecule is C=C(Cc1ccc(F)cc1)[Si](C/C=C/c1ccc(F)cc1)(c1ccccc1)c1ccccc1. The first kappa shape index (κ1) is 22.6. The van der Waals surface area contributed by atoms with Crippen LogP contribution in [-0.4, -0.2) is 8.07 Å². The number of rotatable bonds is 8. The van der Waals surface area contributed by atoms with E-state index in [0.717, 1.165) is 22.4 Å². The van der Waals surface area contributed by atoms with Gasteiger partial charge in [0.1, 0.15) is 19.7 Å². The number of hydrogen-bond donors (Lipinski definition) is 0. The lowest BCUT2D eigenvalue weighted by Crippen LogP contribution is -2.60. The highest BCUT2D eigenvalue weighted by Crippen LogP contribution is 2.25. The van der Waals surface area contributed by atoms with Crippen molar-refractivity contribution in [2.75, 3.05) is 0 Å². The molecule has 0 saturated carbocycles. The van der Waals surface area contributed by atoms with E-state index in [-0.39, 0.29) is 11.6 Å². The second-order valence-corrected chi connectivity index (χ2v) is 12.3. The van der Waals surface area contributed by atoms with Gasteiger partial charge in [0, 0.05) is 0 Å². The molecule has 0 atom stereocenters. The van der Waals surface area contributed by atoms with Crippen LogP contribution in [0, 0.1) is 11.6 Å². The summed E-state index contributed by atoms with van der Waals surface area (Å²) in [6.07, 6.45) is 4.92. The van der Waals surface area contributed by atoms with Crippen LogP contribution < -0.4 is 10.4 Å². The van der Waals surface area contributed by atoms with Gasteiger partial charge in [0.25, 0.3) is 0 Å². The molecule has 0 aliphatic rings. The Bertz CT molecular complexity index is 1170. The van der Waals surface area contributed by atoms with E-state index in [2.05, 4.69) is 67.3 Å². The maximum atomic E-state index is 13.5. The third-order valence-electron chi connectivity index (χ3n) is 6.07. The fraction of sp³-hybridized carbons (Fsp3) is 0.0667. The molecular formula is C30H26F2Si. The molecule has 4 aromatic carbocycles. The van der Waals surface area contributed by atoms with Crippen LogP contribution in [0.5, 0.6) is 0 Å². The molecule has 0 amide bonds. The molecule has 0 aromatic heterocycles. The first-order chi connectivity index (χ1) is 16.1. The van der Waals surface area contributed by atoms with Crippen LogP contribution in [0.15, 0.2) is 127 Å². The zero-order valence-electron chi connectivity index (χ0n) is 18.4. The van der Waals surface area contributed by atoms with Crippen LogP contribution in [-0.2, 0) is 6.42 Å². The molecule has 4 rings (SSSR count). The normalized spacial score (nSPS) is 11.6. The van der Waals surface area contributed by atoms with Gasteiger partial charge in [-0.15, -0.1) is 6.58 Å². The molecule has 0 nitrogen and oxygen atoms in total. The van der Waals surface area contributed by atoms with Gasteiger partial charge in [-0.1, -0.05) is 102 Å². The molecule has 0 bridgehead atoms. The Morgan fingerprint density at radius 3 is 1.67 bits per heavy atom. The van der Waals surface area contributed by atoms with Crippen molar-refractivity contribution in [2.45, 2.75) is 12.5 Å². The van der Waals surface area contributed by atoms with Crippen molar-refractivity contribution in [3.63, 3.8) is 0 Å². The van der Waals surface area contributed by atoms with E-state index in [1.165, 1.54) is 34.6 Å². The summed E-state index contributed by atoms with van der Waals surface area (Å²) in [6, 6.07) is 35.2. The van der Waals surface area contributed by atoms with E-state index in [0.29, 0.717) is 6.42 Å². The van der Waals surface area contributed by atoms with E-state index in [4.69, 9.17) is 0 Å². The molecule has 0 radical (unpaired) electrons. The maximum Gasteiger partial charge on any atom is 0.147 e. The fourth-order valence-corrected chi connectivity index (χ4v) is 8.76. The zero-order valence-corrected chi connectivity index (χ0v) is 19.4. The third-order valence-corrected chi connectivity index (χ3v) is 10.9. The minimum atomic E-state index is -2.46. The van der Waals surface area contributed by atoms with Crippen molar-refractivity contribution in [2.24, 2.45) is 0 Å². The molecule has 0 N–H and O–H groups in total. The summed E-state index contributed by atoms with van der Waals surface area (Å²) < 4.78 is 26.8. The fourth-order valence-electron chi connectivity index (χ4n) is 4.35. The molecule has 33 heavy (non-hydrogen) atoms. The smallest absolute Gasteiger partial charge is 0.147 e. The summed E-state index contributed by atoms with van der Waals surface area (Å²) in [7, 11) is -2.46. The van der Waals surface area contributed by atoms with Crippen molar-refractivity contribution in [1.29, 1.82) is 0 Å². The lowest BCUT2D eigenvalue weighted by molar-refractivity contribution is 0.627. The summed E-state index contributed by atoms with van der Waals surface area (Å²) in [5.41, 5.74) is 2.01. The average Bonchev–Trinajstić information content (AvgIpc) is 2.85. The van der Waals surface area contributed by atoms with Gasteiger partial charge in [-0.2, -0.15) is 0 Å². The van der Waals surface area contributed by atoms with Crippen molar-refractivity contribution >= 4 is 24.5 Å². The lowest BCUT2D eigenvalue weighted by atomic mass is 10.1. The predicted molar refractivity (Wildman–Crippen MR) is 137 cm³/mol. The van der Waals surface area contributed by atoms with E-state index in [9.17, 15) is 8.78 Å². The van der Waals surface area contributed by atoms with Gasteiger partial charge in [0.05, 0.1) is 0 Å². The molecule has 0 spiro atoms. The zero-order chi connectivity index (χ0) is 23.1. The molecule has 4 aromatic rings. The first-order valence-corrected chi connectivity index (χ1v) is 13.2. The minimum Gasteiger partial charge on any atom is -0.207 e. The van der Waals surface area contributed by atoms with Gasteiger partial charge in [-0.05, 0) is 58.2 Å². The monoisotopic (exact) mass is 452 g/mol. The van der Waals surface area contributed by atoms with Crippen LogP contribution in [0.2, 0.25) is 6.04 Å². The van der Waals surface area contributed by atoms with Crippen molar-refractivity contribution < 1.29 is 8.78 Å². The van der Waals surface area contributed by atoms with E-state index in [1.807, 2.05) is 24.3 Å². The van der Waals surface area contributed by atoms with Gasteiger partial charge in [0.2, 0.25) is 0 Å². The number of benzene rings is 4. The molecule has 164 valence electrons. The number of hydrogen-bond acceptors (Lipinski definition) is 0. The second-order valence-electron chi connectivity index (χ2n) is 8.20. The summed E-state index contributed by atoms with van der Waals surface area (Å²) in [6.45, 7) is 4.62. The Hall–Kier alpha value is -3.56. The van der Waals surface area contributed by atoms with E-state index in [1.54, 1.807) is 12.1 Å². The Balaban J connectivity index is 1.78. The topological polar surface area (TPSA) is 0 Å². The van der Waals surface area contributed by atoms with Crippen LogP contribution >= 0.6 is 0 Å². The molecule has 0 saturated heterocycles. The van der Waals surface area contributed by atoms with Crippen molar-refractivity contribution in [1.82, 2.24) is 0 Å². The van der Waals surface area contributed by atoms with Gasteiger partial charge >= 0.3 is 0 Å². The molecule has 0 heterocycles. The quantitative estimate of drug-likeness (QED) is 0.265. The number of allylic oxidation sites excluding steroid dienone is 2. The van der Waals surface area contributed by atoms with Crippen molar-refractivity contribution in [3.05, 3.63) is 150 Å². The molecule has 0 unspecified atom stereocenters. The Kier molecular flexibility index (Phi) is 7.11. The summed E-state index contributed by atoms with van der Waals surface area (Å²) in [4.78, 5) is 0. The van der Waals surface area contributed by atoms with Gasteiger partial charge in [0.15, 0.2) is 0 Å². The molecular weight excluding hydrogens is 426 g/mol. The Labute approximate surface area is 195 Å². The van der Waals surface area contributed by atoms with E-state index >= 15 is 0 Å².